The van der Waals surface area contributed by atoms with Crippen molar-refractivity contribution >= 4 is 21.9 Å². The number of fused-ring (bicyclic) bond motifs is 2. The number of rotatable bonds is 3. The van der Waals surface area contributed by atoms with Gasteiger partial charge in [-0.15, -0.1) is 0 Å². The van der Waals surface area contributed by atoms with Crippen LogP contribution < -0.4 is 5.32 Å². The molecular weight excluding hydrogens is 258 g/mol. The lowest BCUT2D eigenvalue weighted by atomic mass is 10.0. The van der Waals surface area contributed by atoms with Gasteiger partial charge in [-0.1, -0.05) is 0 Å². The summed E-state index contributed by atoms with van der Waals surface area (Å²) in [7, 11) is 1.77. The van der Waals surface area contributed by atoms with Gasteiger partial charge in [-0.05, 0) is 33.0 Å². The number of aromatic hydroxyl groups is 1. The Kier molecular flexibility index (Phi) is 2.96. The van der Waals surface area contributed by atoms with Crippen LogP contribution in [0, 0.1) is 13.8 Å². The highest BCUT2D eigenvalue weighted by molar-refractivity contribution is 6.04. The molecule has 2 heterocycles. The maximum absolute atomic E-state index is 10.4. The second kappa shape index (κ2) is 4.54. The predicted molar refractivity (Wildman–Crippen MR) is 76.0 cm³/mol. The highest BCUT2D eigenvalue weighted by atomic mass is 16.4. The summed E-state index contributed by atoms with van der Waals surface area (Å²) >= 11 is 0. The van der Waals surface area contributed by atoms with Gasteiger partial charge in [-0.25, -0.2) is 0 Å². The topological polar surface area (TPSA) is 78.8 Å². The molecule has 1 aromatic carbocycles. The average Bonchev–Trinajstić information content (AvgIpc) is 2.93. The molecule has 3 aromatic rings. The molecule has 5 heteroatoms. The van der Waals surface area contributed by atoms with Crippen molar-refractivity contribution in [1.29, 1.82) is 0 Å². The number of aliphatic hydroxyl groups excluding tert-OH is 1. The van der Waals surface area contributed by atoms with Crippen molar-refractivity contribution in [2.24, 2.45) is 0 Å². The van der Waals surface area contributed by atoms with Crippen LogP contribution in [-0.4, -0.2) is 23.8 Å². The highest BCUT2D eigenvalue weighted by Crippen LogP contribution is 2.42. The van der Waals surface area contributed by atoms with E-state index in [-0.39, 0.29) is 5.75 Å². The number of hydrogen-bond donors (Lipinski definition) is 3. The quantitative estimate of drug-likeness (QED) is 0.685. The van der Waals surface area contributed by atoms with Crippen LogP contribution in [0.3, 0.4) is 0 Å². The molecular formula is C15H17NO4. The summed E-state index contributed by atoms with van der Waals surface area (Å²) in [6.07, 6.45) is -0.742. The Morgan fingerprint density at radius 2 is 1.70 bits per heavy atom. The van der Waals surface area contributed by atoms with Gasteiger partial charge in [-0.2, -0.15) is 0 Å². The molecule has 0 spiro atoms. The van der Waals surface area contributed by atoms with E-state index < -0.39 is 6.10 Å². The SMILES string of the molecule is CNCC(O)c1c2cc(C)oc2c(O)c2cc(C)oc12. The Labute approximate surface area is 115 Å². The number of aryl methyl sites for hydroxylation is 2. The van der Waals surface area contributed by atoms with Gasteiger partial charge in [-0.3, -0.25) is 0 Å². The molecule has 0 aliphatic carbocycles. The van der Waals surface area contributed by atoms with Gasteiger partial charge >= 0.3 is 0 Å². The molecule has 0 aliphatic rings. The maximum atomic E-state index is 10.4. The zero-order valence-electron chi connectivity index (χ0n) is 11.7. The molecule has 0 amide bonds. The van der Waals surface area contributed by atoms with E-state index in [2.05, 4.69) is 5.32 Å². The third kappa shape index (κ3) is 1.78. The molecule has 0 aliphatic heterocycles. The van der Waals surface area contributed by atoms with E-state index in [9.17, 15) is 10.2 Å². The minimum absolute atomic E-state index is 0.0559. The van der Waals surface area contributed by atoms with Crippen molar-refractivity contribution < 1.29 is 19.0 Å². The molecule has 106 valence electrons. The minimum atomic E-state index is -0.742. The lowest BCUT2D eigenvalue weighted by molar-refractivity contribution is 0.179. The molecule has 1 unspecified atom stereocenters. The van der Waals surface area contributed by atoms with Gasteiger partial charge in [0.15, 0.2) is 11.3 Å². The fourth-order valence-electron chi connectivity index (χ4n) is 2.65. The van der Waals surface area contributed by atoms with E-state index in [1.807, 2.05) is 0 Å². The van der Waals surface area contributed by atoms with E-state index in [0.29, 0.717) is 45.6 Å². The molecule has 0 bridgehead atoms. The van der Waals surface area contributed by atoms with Crippen molar-refractivity contribution in [2.45, 2.75) is 20.0 Å². The third-order valence-corrected chi connectivity index (χ3v) is 3.45. The molecule has 0 saturated heterocycles. The predicted octanol–water partition coefficient (Wildman–Crippen LogP) is 2.75. The summed E-state index contributed by atoms with van der Waals surface area (Å²) in [6.45, 7) is 4.00. The summed E-state index contributed by atoms with van der Waals surface area (Å²) in [5.74, 6) is 1.41. The van der Waals surface area contributed by atoms with Crippen molar-refractivity contribution in [1.82, 2.24) is 5.32 Å². The summed E-state index contributed by atoms with van der Waals surface area (Å²) in [5, 5.41) is 24.9. The summed E-state index contributed by atoms with van der Waals surface area (Å²) in [6, 6.07) is 3.55. The second-order valence-electron chi connectivity index (χ2n) is 5.04. The summed E-state index contributed by atoms with van der Waals surface area (Å²) in [5.41, 5.74) is 1.55. The lowest BCUT2D eigenvalue weighted by Gasteiger charge is -2.12. The minimum Gasteiger partial charge on any atom is -0.504 e. The van der Waals surface area contributed by atoms with Crippen LogP contribution in [0.5, 0.6) is 5.75 Å². The van der Waals surface area contributed by atoms with Crippen molar-refractivity contribution in [3.8, 4) is 5.75 Å². The van der Waals surface area contributed by atoms with E-state index in [1.54, 1.807) is 33.0 Å². The number of furan rings is 2. The number of nitrogens with one attached hydrogen (secondary N) is 1. The van der Waals surface area contributed by atoms with Gasteiger partial charge in [0.05, 0.1) is 11.5 Å². The van der Waals surface area contributed by atoms with Crippen LogP contribution in [0.25, 0.3) is 21.9 Å². The second-order valence-corrected chi connectivity index (χ2v) is 5.04. The van der Waals surface area contributed by atoms with E-state index in [0.717, 1.165) is 0 Å². The number of likely N-dealkylation sites (N-methyl/N-ethyl adjacent to an activating group) is 1. The highest BCUT2D eigenvalue weighted by Gasteiger charge is 2.24. The molecule has 20 heavy (non-hydrogen) atoms. The molecule has 2 aromatic heterocycles. The first-order chi connectivity index (χ1) is 9.52. The Morgan fingerprint density at radius 3 is 2.35 bits per heavy atom. The summed E-state index contributed by atoms with van der Waals surface area (Å²) in [4.78, 5) is 0. The molecule has 0 fully saturated rings. The normalized spacial score (nSPS) is 13.4. The molecule has 1 atom stereocenters. The van der Waals surface area contributed by atoms with Crippen molar-refractivity contribution in [3.05, 3.63) is 29.2 Å². The first-order valence-corrected chi connectivity index (χ1v) is 6.50. The van der Waals surface area contributed by atoms with Crippen LogP contribution in [0.15, 0.2) is 21.0 Å². The van der Waals surface area contributed by atoms with Crippen molar-refractivity contribution in [2.75, 3.05) is 13.6 Å². The van der Waals surface area contributed by atoms with Crippen LogP contribution in [0.1, 0.15) is 23.2 Å². The van der Waals surface area contributed by atoms with Crippen LogP contribution in [0.4, 0.5) is 0 Å². The fourth-order valence-corrected chi connectivity index (χ4v) is 2.65. The monoisotopic (exact) mass is 275 g/mol. The lowest BCUT2D eigenvalue weighted by Crippen LogP contribution is -2.17. The number of aliphatic hydroxyl groups is 1. The van der Waals surface area contributed by atoms with Gasteiger partial charge in [0.2, 0.25) is 0 Å². The Balaban J connectivity index is 2.44. The number of benzene rings is 1. The Morgan fingerprint density at radius 1 is 1.10 bits per heavy atom. The Bertz CT molecular complexity index is 726. The van der Waals surface area contributed by atoms with Gasteiger partial charge in [0.1, 0.15) is 17.1 Å². The Hall–Kier alpha value is -1.98. The van der Waals surface area contributed by atoms with Gasteiger partial charge in [0, 0.05) is 17.5 Å². The number of phenols is 1. The van der Waals surface area contributed by atoms with E-state index >= 15 is 0 Å². The maximum Gasteiger partial charge on any atom is 0.177 e. The van der Waals surface area contributed by atoms with Crippen LogP contribution in [0.2, 0.25) is 0 Å². The van der Waals surface area contributed by atoms with E-state index in [4.69, 9.17) is 8.83 Å². The fraction of sp³-hybridized carbons (Fsp3) is 0.333. The first kappa shape index (κ1) is 13.0. The van der Waals surface area contributed by atoms with Crippen LogP contribution in [-0.2, 0) is 0 Å². The standard InChI is InChI=1S/C15H17NO4/c1-7-4-9-12(11(17)6-16-3)14-10(5-8(2)19-14)13(18)15(9)20-7/h4-5,11,16-18H,6H2,1-3H3. The van der Waals surface area contributed by atoms with Crippen molar-refractivity contribution in [3.63, 3.8) is 0 Å². The zero-order chi connectivity index (χ0) is 14.4. The smallest absolute Gasteiger partial charge is 0.177 e. The zero-order valence-corrected chi connectivity index (χ0v) is 11.7. The molecule has 3 N–H and O–H groups in total. The molecule has 5 nitrogen and oxygen atoms in total. The molecule has 3 rings (SSSR count). The van der Waals surface area contributed by atoms with Gasteiger partial charge in [0.25, 0.3) is 0 Å². The molecule has 0 radical (unpaired) electrons. The van der Waals surface area contributed by atoms with Crippen LogP contribution >= 0.6 is 0 Å². The number of hydrogen-bond acceptors (Lipinski definition) is 5. The summed E-state index contributed by atoms with van der Waals surface area (Å²) < 4.78 is 11.2. The number of phenolic OH excluding ortho intramolecular Hbond substituents is 1. The van der Waals surface area contributed by atoms with Gasteiger partial charge < -0.3 is 24.4 Å². The molecule has 0 saturated carbocycles. The average molecular weight is 275 g/mol. The first-order valence-electron chi connectivity index (χ1n) is 6.50. The third-order valence-electron chi connectivity index (χ3n) is 3.45. The van der Waals surface area contributed by atoms with E-state index in [1.165, 1.54) is 0 Å². The largest absolute Gasteiger partial charge is 0.504 e.